The Morgan fingerprint density at radius 1 is 1.42 bits per heavy atom. The van der Waals surface area contributed by atoms with Crippen LogP contribution in [0.3, 0.4) is 0 Å². The molecular weight excluding hydrogens is 260 g/mol. The van der Waals surface area contributed by atoms with E-state index in [9.17, 15) is 4.79 Å². The Bertz CT molecular complexity index is 324. The standard InChI is InChI=1S/C16H27ClO2/c1-6-19-15(18)12-14(3)10-9-13(2)8-7-11-16(4,5)17/h9-10,12-13H,6-8,11H2,1-5H3. The van der Waals surface area contributed by atoms with Gasteiger partial charge in [-0.25, -0.2) is 4.79 Å². The van der Waals surface area contributed by atoms with Gasteiger partial charge in [-0.1, -0.05) is 25.5 Å². The van der Waals surface area contributed by atoms with E-state index in [0.717, 1.165) is 24.8 Å². The lowest BCUT2D eigenvalue weighted by molar-refractivity contribution is -0.137. The summed E-state index contributed by atoms with van der Waals surface area (Å²) in [5.74, 6) is 0.214. The molecule has 0 radical (unpaired) electrons. The normalized spacial score (nSPS) is 14.7. The molecule has 0 aliphatic heterocycles. The van der Waals surface area contributed by atoms with Crippen LogP contribution in [0.4, 0.5) is 0 Å². The maximum absolute atomic E-state index is 11.2. The lowest BCUT2D eigenvalue weighted by Crippen LogP contribution is -2.09. The van der Waals surface area contributed by atoms with E-state index in [0.29, 0.717) is 12.5 Å². The van der Waals surface area contributed by atoms with Crippen LogP contribution in [-0.2, 0) is 9.53 Å². The van der Waals surface area contributed by atoms with Crippen molar-refractivity contribution in [2.24, 2.45) is 5.92 Å². The van der Waals surface area contributed by atoms with Crippen LogP contribution < -0.4 is 0 Å². The molecule has 0 aromatic rings. The smallest absolute Gasteiger partial charge is 0.330 e. The van der Waals surface area contributed by atoms with Crippen molar-refractivity contribution in [3.63, 3.8) is 0 Å². The van der Waals surface area contributed by atoms with E-state index in [1.807, 2.05) is 26.8 Å². The molecule has 0 heterocycles. The highest BCUT2D eigenvalue weighted by atomic mass is 35.5. The third-order valence-corrected chi connectivity index (χ3v) is 2.94. The molecule has 110 valence electrons. The van der Waals surface area contributed by atoms with Gasteiger partial charge in [0.1, 0.15) is 0 Å². The van der Waals surface area contributed by atoms with E-state index in [-0.39, 0.29) is 10.8 Å². The first-order valence-electron chi connectivity index (χ1n) is 6.96. The Morgan fingerprint density at radius 2 is 2.05 bits per heavy atom. The van der Waals surface area contributed by atoms with E-state index in [2.05, 4.69) is 13.0 Å². The molecule has 0 amide bonds. The van der Waals surface area contributed by atoms with Gasteiger partial charge in [-0.15, -0.1) is 11.6 Å². The predicted molar refractivity (Wildman–Crippen MR) is 82.5 cm³/mol. The summed E-state index contributed by atoms with van der Waals surface area (Å²) in [6, 6.07) is 0. The summed E-state index contributed by atoms with van der Waals surface area (Å²) in [7, 11) is 0. The summed E-state index contributed by atoms with van der Waals surface area (Å²) in [4.78, 5) is 11.1. The Morgan fingerprint density at radius 3 is 2.58 bits per heavy atom. The highest BCUT2D eigenvalue weighted by molar-refractivity contribution is 6.23. The van der Waals surface area contributed by atoms with Crippen LogP contribution in [0.1, 0.15) is 53.9 Å². The van der Waals surface area contributed by atoms with Gasteiger partial charge in [0.15, 0.2) is 0 Å². The molecule has 0 bridgehead atoms. The first-order chi connectivity index (χ1) is 8.74. The second-order valence-corrected chi connectivity index (χ2v) is 6.61. The second-order valence-electron chi connectivity index (χ2n) is 5.59. The Balaban J connectivity index is 4.07. The van der Waals surface area contributed by atoms with E-state index in [1.54, 1.807) is 6.92 Å². The molecule has 3 heteroatoms. The molecule has 1 unspecified atom stereocenters. The first-order valence-corrected chi connectivity index (χ1v) is 7.34. The van der Waals surface area contributed by atoms with E-state index in [1.165, 1.54) is 6.08 Å². The molecular formula is C16H27ClO2. The number of ether oxygens (including phenoxy) is 1. The minimum Gasteiger partial charge on any atom is -0.463 e. The summed E-state index contributed by atoms with van der Waals surface area (Å²) in [6.07, 6.45) is 8.88. The third-order valence-electron chi connectivity index (χ3n) is 2.75. The van der Waals surface area contributed by atoms with E-state index < -0.39 is 0 Å². The highest BCUT2D eigenvalue weighted by Gasteiger charge is 2.12. The minimum atomic E-state index is -0.277. The van der Waals surface area contributed by atoms with Crippen LogP contribution in [0.25, 0.3) is 0 Å². The average molecular weight is 287 g/mol. The number of hydrogen-bond donors (Lipinski definition) is 0. The Labute approximate surface area is 122 Å². The number of halogens is 1. The Kier molecular flexibility index (Phi) is 8.82. The van der Waals surface area contributed by atoms with Crippen LogP contribution in [-0.4, -0.2) is 17.5 Å². The molecule has 0 aliphatic carbocycles. The van der Waals surface area contributed by atoms with Crippen molar-refractivity contribution in [2.75, 3.05) is 6.61 Å². The monoisotopic (exact) mass is 286 g/mol. The fourth-order valence-electron chi connectivity index (χ4n) is 1.67. The molecule has 0 spiro atoms. The number of alkyl halides is 1. The van der Waals surface area contributed by atoms with Gasteiger partial charge in [-0.2, -0.15) is 0 Å². The lowest BCUT2D eigenvalue weighted by Gasteiger charge is -2.15. The lowest BCUT2D eigenvalue weighted by atomic mass is 9.98. The first kappa shape index (κ1) is 18.2. The zero-order chi connectivity index (χ0) is 14.9. The summed E-state index contributed by atoms with van der Waals surface area (Å²) in [5, 5.41) is 0. The molecule has 0 aromatic carbocycles. The highest BCUT2D eigenvalue weighted by Crippen LogP contribution is 2.22. The van der Waals surface area contributed by atoms with E-state index in [4.69, 9.17) is 16.3 Å². The molecule has 0 saturated carbocycles. The summed E-state index contributed by atoms with van der Waals surface area (Å²) < 4.78 is 4.86. The van der Waals surface area contributed by atoms with Gasteiger partial charge in [-0.05, 0) is 52.0 Å². The van der Waals surface area contributed by atoms with Crippen molar-refractivity contribution in [1.29, 1.82) is 0 Å². The topological polar surface area (TPSA) is 26.3 Å². The number of allylic oxidation sites excluding steroid dienone is 3. The predicted octanol–water partition coefficient (Wildman–Crippen LogP) is 4.88. The molecule has 0 aliphatic rings. The van der Waals surface area contributed by atoms with E-state index >= 15 is 0 Å². The number of esters is 1. The molecule has 0 rings (SSSR count). The SMILES string of the molecule is CCOC(=O)C=C(C)C=CC(C)CCCC(C)(C)Cl. The number of carbonyl (C=O) groups is 1. The van der Waals surface area contributed by atoms with Gasteiger partial charge in [0.25, 0.3) is 0 Å². The van der Waals surface area contributed by atoms with Crippen molar-refractivity contribution in [3.8, 4) is 0 Å². The van der Waals surface area contributed by atoms with Crippen molar-refractivity contribution in [3.05, 3.63) is 23.8 Å². The number of hydrogen-bond acceptors (Lipinski definition) is 2. The fraction of sp³-hybridized carbons (Fsp3) is 0.688. The van der Waals surface area contributed by atoms with Crippen LogP contribution in [0.2, 0.25) is 0 Å². The maximum atomic E-state index is 11.2. The average Bonchev–Trinajstić information content (AvgIpc) is 2.24. The van der Waals surface area contributed by atoms with Crippen molar-refractivity contribution in [1.82, 2.24) is 0 Å². The van der Waals surface area contributed by atoms with Gasteiger partial charge in [0.2, 0.25) is 0 Å². The zero-order valence-electron chi connectivity index (χ0n) is 12.8. The van der Waals surface area contributed by atoms with Crippen LogP contribution in [0, 0.1) is 5.92 Å². The molecule has 19 heavy (non-hydrogen) atoms. The maximum Gasteiger partial charge on any atom is 0.330 e. The molecule has 1 atom stereocenters. The summed E-state index contributed by atoms with van der Waals surface area (Å²) in [5.41, 5.74) is 0.919. The number of carbonyl (C=O) groups excluding carboxylic acids is 1. The largest absolute Gasteiger partial charge is 0.463 e. The fourth-order valence-corrected chi connectivity index (χ4v) is 1.81. The second kappa shape index (κ2) is 9.19. The Hall–Kier alpha value is -0.760. The molecule has 0 saturated heterocycles. The zero-order valence-corrected chi connectivity index (χ0v) is 13.6. The van der Waals surface area contributed by atoms with Crippen molar-refractivity contribution >= 4 is 17.6 Å². The van der Waals surface area contributed by atoms with Crippen LogP contribution in [0.15, 0.2) is 23.8 Å². The third kappa shape index (κ3) is 12.0. The van der Waals surface area contributed by atoms with Gasteiger partial charge in [0, 0.05) is 11.0 Å². The van der Waals surface area contributed by atoms with Crippen molar-refractivity contribution in [2.45, 2.75) is 58.8 Å². The minimum absolute atomic E-state index is 0.108. The van der Waals surface area contributed by atoms with Gasteiger partial charge in [-0.3, -0.25) is 0 Å². The number of rotatable bonds is 8. The molecule has 0 aromatic heterocycles. The van der Waals surface area contributed by atoms with Gasteiger partial charge in [0.05, 0.1) is 6.61 Å². The van der Waals surface area contributed by atoms with Crippen molar-refractivity contribution < 1.29 is 9.53 Å². The molecule has 0 N–H and O–H groups in total. The molecule has 0 fully saturated rings. The van der Waals surface area contributed by atoms with Gasteiger partial charge >= 0.3 is 5.97 Å². The van der Waals surface area contributed by atoms with Crippen LogP contribution in [0.5, 0.6) is 0 Å². The molecule has 2 nitrogen and oxygen atoms in total. The quantitative estimate of drug-likeness (QED) is 0.275. The summed E-state index contributed by atoms with van der Waals surface area (Å²) in [6.45, 7) is 10.4. The van der Waals surface area contributed by atoms with Crippen LogP contribution >= 0.6 is 11.6 Å². The van der Waals surface area contributed by atoms with Gasteiger partial charge < -0.3 is 4.74 Å². The summed E-state index contributed by atoms with van der Waals surface area (Å²) >= 11 is 6.15.